The van der Waals surface area contributed by atoms with Crippen molar-refractivity contribution in [1.29, 1.82) is 0 Å². The molecule has 1 N–H and O–H groups in total. The van der Waals surface area contributed by atoms with Crippen molar-refractivity contribution in [2.45, 2.75) is 18.2 Å². The zero-order chi connectivity index (χ0) is 15.2. The first-order valence-electron chi connectivity index (χ1n) is 6.47. The van der Waals surface area contributed by atoms with E-state index in [0.717, 1.165) is 20.7 Å². The van der Waals surface area contributed by atoms with Crippen LogP contribution in [0.2, 0.25) is 4.34 Å². The largest absolute Gasteiger partial charge is 0.481 e. The van der Waals surface area contributed by atoms with Crippen LogP contribution in [0.3, 0.4) is 0 Å². The van der Waals surface area contributed by atoms with Gasteiger partial charge >= 0.3 is 5.97 Å². The van der Waals surface area contributed by atoms with Crippen LogP contribution in [0.1, 0.15) is 11.3 Å². The normalized spacial score (nSPS) is 18.7. The van der Waals surface area contributed by atoms with E-state index in [9.17, 15) is 9.59 Å². The van der Waals surface area contributed by atoms with Crippen LogP contribution in [0.25, 0.3) is 0 Å². The minimum Gasteiger partial charge on any atom is -0.481 e. The molecule has 0 spiro atoms. The van der Waals surface area contributed by atoms with Crippen LogP contribution in [0.5, 0.6) is 0 Å². The Morgan fingerprint density at radius 2 is 2.29 bits per heavy atom. The van der Waals surface area contributed by atoms with Gasteiger partial charge in [0.25, 0.3) is 0 Å². The molecule has 1 atom stereocenters. The summed E-state index contributed by atoms with van der Waals surface area (Å²) in [5.41, 5.74) is 0. The highest BCUT2D eigenvalue weighted by atomic mass is 35.5. The van der Waals surface area contributed by atoms with Gasteiger partial charge in [0.05, 0.1) is 22.6 Å². The van der Waals surface area contributed by atoms with Crippen LogP contribution in [-0.2, 0) is 15.3 Å². The van der Waals surface area contributed by atoms with Crippen molar-refractivity contribution in [3.63, 3.8) is 0 Å². The summed E-state index contributed by atoms with van der Waals surface area (Å²) in [6.45, 7) is 0.646. The Morgan fingerprint density at radius 3 is 2.95 bits per heavy atom. The monoisotopic (exact) mass is 365 g/mol. The molecule has 2 rings (SSSR count). The topological polar surface area (TPSA) is 57.6 Å². The first-order valence-corrected chi connectivity index (χ1v) is 9.97. The molecule has 1 amide bonds. The van der Waals surface area contributed by atoms with Crippen molar-refractivity contribution in [3.05, 3.63) is 21.3 Å². The minimum atomic E-state index is -0.846. The second kappa shape index (κ2) is 8.31. The Labute approximate surface area is 141 Å². The van der Waals surface area contributed by atoms with Crippen LogP contribution >= 0.6 is 46.5 Å². The number of aliphatic carboxylic acids is 1. The molecule has 0 saturated carbocycles. The highest BCUT2D eigenvalue weighted by Crippen LogP contribution is 2.26. The molecule has 2 heterocycles. The first kappa shape index (κ1) is 17.0. The molecule has 1 aromatic heterocycles. The standard InChI is InChI=1S/C13H16ClNO3S3/c14-11-2-1-10(21-11)7-20-8-12(16)15-3-4-19-6-9(15)5-13(17)18/h1-2,9H,3-8H2,(H,17,18). The van der Waals surface area contributed by atoms with E-state index in [4.69, 9.17) is 16.7 Å². The molecule has 0 radical (unpaired) electrons. The number of hydrogen-bond acceptors (Lipinski definition) is 5. The second-order valence-corrected chi connectivity index (χ2v) is 8.55. The number of thiophene rings is 1. The van der Waals surface area contributed by atoms with Crippen LogP contribution in [-0.4, -0.2) is 51.7 Å². The summed E-state index contributed by atoms with van der Waals surface area (Å²) in [5.74, 6) is 1.93. The molecule has 4 nitrogen and oxygen atoms in total. The number of carboxylic acids is 1. The van der Waals surface area contributed by atoms with Gasteiger partial charge in [-0.25, -0.2) is 0 Å². The van der Waals surface area contributed by atoms with Crippen LogP contribution < -0.4 is 0 Å². The Morgan fingerprint density at radius 1 is 1.48 bits per heavy atom. The van der Waals surface area contributed by atoms with Gasteiger partial charge < -0.3 is 10.0 Å². The summed E-state index contributed by atoms with van der Waals surface area (Å²) in [4.78, 5) is 26.0. The van der Waals surface area contributed by atoms with Crippen LogP contribution in [0, 0.1) is 0 Å². The predicted octanol–water partition coefficient (Wildman–Crippen LogP) is 3.05. The number of amides is 1. The number of rotatable bonds is 6. The zero-order valence-electron chi connectivity index (χ0n) is 11.3. The number of hydrogen-bond donors (Lipinski definition) is 1. The number of nitrogens with zero attached hydrogens (tertiary/aromatic N) is 1. The fourth-order valence-corrected chi connectivity index (χ4v) is 5.28. The highest BCUT2D eigenvalue weighted by Gasteiger charge is 2.28. The van der Waals surface area contributed by atoms with E-state index in [-0.39, 0.29) is 18.4 Å². The fraction of sp³-hybridized carbons (Fsp3) is 0.538. The second-order valence-electron chi connectivity index (χ2n) is 4.61. The molecule has 1 unspecified atom stereocenters. The fourth-order valence-electron chi connectivity index (χ4n) is 2.10. The molecule has 0 aliphatic carbocycles. The maximum atomic E-state index is 12.3. The number of halogens is 1. The van der Waals surface area contributed by atoms with Crippen molar-refractivity contribution < 1.29 is 14.7 Å². The van der Waals surface area contributed by atoms with E-state index in [1.54, 1.807) is 28.4 Å². The predicted molar refractivity (Wildman–Crippen MR) is 90.6 cm³/mol. The lowest BCUT2D eigenvalue weighted by atomic mass is 10.2. The average molecular weight is 366 g/mol. The van der Waals surface area contributed by atoms with Crippen LogP contribution in [0.15, 0.2) is 12.1 Å². The third-order valence-corrected chi connectivity index (χ3v) is 6.53. The molecule has 116 valence electrons. The lowest BCUT2D eigenvalue weighted by Crippen LogP contribution is -2.47. The highest BCUT2D eigenvalue weighted by molar-refractivity contribution is 7.99. The molecular formula is C13H16ClNO3S3. The van der Waals surface area contributed by atoms with Gasteiger partial charge in [0.15, 0.2) is 0 Å². The summed E-state index contributed by atoms with van der Waals surface area (Å²) in [7, 11) is 0. The molecule has 0 bridgehead atoms. The van der Waals surface area contributed by atoms with Crippen molar-refractivity contribution in [2.24, 2.45) is 0 Å². The third kappa shape index (κ3) is 5.39. The Kier molecular flexibility index (Phi) is 6.73. The van der Waals surface area contributed by atoms with E-state index in [1.165, 1.54) is 11.3 Å². The summed E-state index contributed by atoms with van der Waals surface area (Å²) in [5, 5.41) is 8.93. The molecule has 1 fully saturated rings. The Bertz CT molecular complexity index is 509. The number of carbonyl (C=O) groups is 2. The molecule has 1 saturated heterocycles. The smallest absolute Gasteiger partial charge is 0.305 e. The Hall–Kier alpha value is -0.370. The van der Waals surface area contributed by atoms with E-state index < -0.39 is 5.97 Å². The molecule has 21 heavy (non-hydrogen) atoms. The third-order valence-electron chi connectivity index (χ3n) is 3.06. The van der Waals surface area contributed by atoms with Gasteiger partial charge in [0, 0.05) is 28.7 Å². The Balaban J connectivity index is 1.81. The summed E-state index contributed by atoms with van der Waals surface area (Å²) in [6.07, 6.45) is 0.0317. The van der Waals surface area contributed by atoms with Crippen molar-refractivity contribution in [2.75, 3.05) is 23.8 Å². The van der Waals surface area contributed by atoms with Gasteiger partial charge in [-0.05, 0) is 12.1 Å². The quantitative estimate of drug-likeness (QED) is 0.839. The van der Waals surface area contributed by atoms with E-state index in [0.29, 0.717) is 18.1 Å². The summed E-state index contributed by atoms with van der Waals surface area (Å²) >= 11 is 10.7. The molecule has 0 aromatic carbocycles. The SMILES string of the molecule is O=C(O)CC1CSCCN1C(=O)CSCc1ccc(Cl)s1. The van der Waals surface area contributed by atoms with Crippen molar-refractivity contribution >= 4 is 58.3 Å². The maximum Gasteiger partial charge on any atom is 0.305 e. The molecule has 1 aliphatic heterocycles. The molecular weight excluding hydrogens is 350 g/mol. The van der Waals surface area contributed by atoms with E-state index >= 15 is 0 Å². The average Bonchev–Trinajstić information content (AvgIpc) is 2.84. The lowest BCUT2D eigenvalue weighted by Gasteiger charge is -2.34. The van der Waals surface area contributed by atoms with Gasteiger partial charge in [0.2, 0.25) is 5.91 Å². The number of thioether (sulfide) groups is 2. The van der Waals surface area contributed by atoms with Gasteiger partial charge in [0.1, 0.15) is 0 Å². The summed E-state index contributed by atoms with van der Waals surface area (Å²) < 4.78 is 0.756. The van der Waals surface area contributed by atoms with E-state index in [1.807, 2.05) is 12.1 Å². The van der Waals surface area contributed by atoms with Gasteiger partial charge in [-0.2, -0.15) is 11.8 Å². The molecule has 1 aliphatic rings. The van der Waals surface area contributed by atoms with Gasteiger partial charge in [-0.15, -0.1) is 23.1 Å². The maximum absolute atomic E-state index is 12.3. The van der Waals surface area contributed by atoms with Crippen molar-refractivity contribution in [1.82, 2.24) is 4.90 Å². The van der Waals surface area contributed by atoms with Crippen LogP contribution in [0.4, 0.5) is 0 Å². The number of carboxylic acid groups (broad SMARTS) is 1. The van der Waals surface area contributed by atoms with Gasteiger partial charge in [-0.3, -0.25) is 9.59 Å². The lowest BCUT2D eigenvalue weighted by molar-refractivity contribution is -0.139. The number of carbonyl (C=O) groups excluding carboxylic acids is 1. The van der Waals surface area contributed by atoms with Gasteiger partial charge in [-0.1, -0.05) is 11.6 Å². The molecule has 1 aromatic rings. The first-order chi connectivity index (χ1) is 10.1. The zero-order valence-corrected chi connectivity index (χ0v) is 14.5. The van der Waals surface area contributed by atoms with Crippen molar-refractivity contribution in [3.8, 4) is 0 Å². The molecule has 8 heteroatoms. The van der Waals surface area contributed by atoms with E-state index in [2.05, 4.69) is 0 Å². The minimum absolute atomic E-state index is 0.0317. The summed E-state index contributed by atoms with van der Waals surface area (Å²) in [6, 6.07) is 3.65.